The second-order valence-electron chi connectivity index (χ2n) is 5.69. The standard InChI is InChI=1S/C16H19N5/c1-9(2)15-17-7-6-12(18-15)13-8-10(3)14-11(4)20-21(5)16(14)19-13/h6-9H,1-5H3. The van der Waals surface area contributed by atoms with Crippen molar-refractivity contribution in [3.8, 4) is 11.4 Å². The first kappa shape index (κ1) is 13.7. The van der Waals surface area contributed by atoms with Gasteiger partial charge in [-0.05, 0) is 31.5 Å². The SMILES string of the molecule is Cc1cc(-c2ccnc(C(C)C)n2)nc2c1c(C)nn2C. The molecule has 0 saturated heterocycles. The number of rotatable bonds is 2. The van der Waals surface area contributed by atoms with Gasteiger partial charge in [-0.3, -0.25) is 4.68 Å². The zero-order valence-corrected chi connectivity index (χ0v) is 13.0. The van der Waals surface area contributed by atoms with Crippen LogP contribution in [0.1, 0.15) is 36.8 Å². The van der Waals surface area contributed by atoms with Crippen LogP contribution in [0.2, 0.25) is 0 Å². The van der Waals surface area contributed by atoms with Gasteiger partial charge < -0.3 is 0 Å². The van der Waals surface area contributed by atoms with E-state index in [2.05, 4.69) is 41.9 Å². The van der Waals surface area contributed by atoms with Crippen LogP contribution in [-0.4, -0.2) is 24.7 Å². The number of fused-ring (bicyclic) bond motifs is 1. The van der Waals surface area contributed by atoms with Crippen LogP contribution in [0.4, 0.5) is 0 Å². The van der Waals surface area contributed by atoms with Crippen LogP contribution in [0.25, 0.3) is 22.4 Å². The van der Waals surface area contributed by atoms with E-state index in [1.165, 1.54) is 5.56 Å². The first-order valence-electron chi connectivity index (χ1n) is 7.11. The minimum Gasteiger partial charge on any atom is -0.250 e. The van der Waals surface area contributed by atoms with Crippen molar-refractivity contribution in [2.24, 2.45) is 7.05 Å². The predicted molar refractivity (Wildman–Crippen MR) is 83.1 cm³/mol. The maximum absolute atomic E-state index is 4.74. The summed E-state index contributed by atoms with van der Waals surface area (Å²) in [6, 6.07) is 3.98. The van der Waals surface area contributed by atoms with Crippen LogP contribution in [0.5, 0.6) is 0 Å². The van der Waals surface area contributed by atoms with Crippen molar-refractivity contribution in [2.45, 2.75) is 33.6 Å². The fraction of sp³-hybridized carbons (Fsp3) is 0.375. The molecule has 108 valence electrons. The Labute approximate surface area is 124 Å². The molecule has 5 nitrogen and oxygen atoms in total. The molecule has 3 rings (SSSR count). The summed E-state index contributed by atoms with van der Waals surface area (Å²) >= 11 is 0. The smallest absolute Gasteiger partial charge is 0.158 e. The van der Waals surface area contributed by atoms with Gasteiger partial charge in [0, 0.05) is 24.5 Å². The summed E-state index contributed by atoms with van der Waals surface area (Å²) < 4.78 is 1.83. The summed E-state index contributed by atoms with van der Waals surface area (Å²) in [4.78, 5) is 13.7. The average Bonchev–Trinajstić information content (AvgIpc) is 2.74. The maximum atomic E-state index is 4.74. The van der Waals surface area contributed by atoms with Gasteiger partial charge in [-0.15, -0.1) is 0 Å². The molecule has 0 aromatic carbocycles. The molecule has 0 aliphatic rings. The van der Waals surface area contributed by atoms with Crippen LogP contribution in [0, 0.1) is 13.8 Å². The number of aromatic nitrogens is 5. The van der Waals surface area contributed by atoms with Gasteiger partial charge in [-0.2, -0.15) is 5.10 Å². The predicted octanol–water partition coefficient (Wildman–Crippen LogP) is 3.17. The molecule has 0 amide bonds. The Morgan fingerprint density at radius 1 is 1.10 bits per heavy atom. The summed E-state index contributed by atoms with van der Waals surface area (Å²) in [6.45, 7) is 8.28. The van der Waals surface area contributed by atoms with Gasteiger partial charge in [-0.1, -0.05) is 13.8 Å². The minimum atomic E-state index is 0.300. The molecule has 0 spiro atoms. The van der Waals surface area contributed by atoms with Crippen LogP contribution in [-0.2, 0) is 7.05 Å². The summed E-state index contributed by atoms with van der Waals surface area (Å²) in [6.07, 6.45) is 1.80. The highest BCUT2D eigenvalue weighted by Gasteiger charge is 2.13. The summed E-state index contributed by atoms with van der Waals surface area (Å²) in [5, 5.41) is 5.58. The Morgan fingerprint density at radius 2 is 1.86 bits per heavy atom. The van der Waals surface area contributed by atoms with Crippen molar-refractivity contribution in [1.29, 1.82) is 0 Å². The first-order valence-corrected chi connectivity index (χ1v) is 7.11. The van der Waals surface area contributed by atoms with E-state index < -0.39 is 0 Å². The van der Waals surface area contributed by atoms with Gasteiger partial charge in [0.25, 0.3) is 0 Å². The van der Waals surface area contributed by atoms with E-state index in [4.69, 9.17) is 4.98 Å². The minimum absolute atomic E-state index is 0.300. The molecule has 3 aromatic heterocycles. The molecule has 0 aliphatic carbocycles. The van der Waals surface area contributed by atoms with Gasteiger partial charge in [0.05, 0.1) is 17.1 Å². The summed E-state index contributed by atoms with van der Waals surface area (Å²) in [5.74, 6) is 1.14. The van der Waals surface area contributed by atoms with Crippen molar-refractivity contribution in [2.75, 3.05) is 0 Å². The Hall–Kier alpha value is -2.30. The second kappa shape index (κ2) is 4.91. The number of hydrogen-bond donors (Lipinski definition) is 0. The molecule has 5 heteroatoms. The Balaban J connectivity index is 2.21. The highest BCUT2D eigenvalue weighted by atomic mass is 15.3. The molecule has 0 bridgehead atoms. The molecule has 0 aliphatic heterocycles. The topological polar surface area (TPSA) is 56.5 Å². The van der Waals surface area contributed by atoms with Crippen LogP contribution < -0.4 is 0 Å². The molecule has 0 saturated carbocycles. The molecule has 0 N–H and O–H groups in total. The Kier molecular flexibility index (Phi) is 3.20. The lowest BCUT2D eigenvalue weighted by atomic mass is 10.1. The number of nitrogens with zero attached hydrogens (tertiary/aromatic N) is 5. The van der Waals surface area contributed by atoms with Crippen molar-refractivity contribution < 1.29 is 0 Å². The normalized spacial score (nSPS) is 11.5. The van der Waals surface area contributed by atoms with Crippen LogP contribution in [0.3, 0.4) is 0 Å². The van der Waals surface area contributed by atoms with Crippen molar-refractivity contribution in [3.63, 3.8) is 0 Å². The molecule has 0 radical (unpaired) electrons. The zero-order valence-electron chi connectivity index (χ0n) is 13.0. The lowest BCUT2D eigenvalue weighted by Gasteiger charge is -2.07. The third kappa shape index (κ3) is 2.28. The number of aryl methyl sites for hydroxylation is 3. The fourth-order valence-corrected chi connectivity index (χ4v) is 2.59. The fourth-order valence-electron chi connectivity index (χ4n) is 2.59. The molecule has 3 aromatic rings. The van der Waals surface area contributed by atoms with E-state index in [1.807, 2.05) is 24.7 Å². The van der Waals surface area contributed by atoms with E-state index in [0.29, 0.717) is 5.92 Å². The number of hydrogen-bond acceptors (Lipinski definition) is 4. The molecule has 0 atom stereocenters. The highest BCUT2D eigenvalue weighted by molar-refractivity contribution is 5.84. The zero-order chi connectivity index (χ0) is 15.1. The quantitative estimate of drug-likeness (QED) is 0.724. The van der Waals surface area contributed by atoms with E-state index in [1.54, 1.807) is 6.20 Å². The van der Waals surface area contributed by atoms with E-state index in [0.717, 1.165) is 33.9 Å². The van der Waals surface area contributed by atoms with Gasteiger partial charge >= 0.3 is 0 Å². The summed E-state index contributed by atoms with van der Waals surface area (Å²) in [7, 11) is 1.92. The molecule has 21 heavy (non-hydrogen) atoms. The van der Waals surface area contributed by atoms with Gasteiger partial charge in [0.15, 0.2) is 5.65 Å². The van der Waals surface area contributed by atoms with Gasteiger partial charge in [-0.25, -0.2) is 15.0 Å². The molecular formula is C16H19N5. The Morgan fingerprint density at radius 3 is 2.57 bits per heavy atom. The van der Waals surface area contributed by atoms with Crippen LogP contribution in [0.15, 0.2) is 18.3 Å². The third-order valence-electron chi connectivity index (χ3n) is 3.62. The lowest BCUT2D eigenvalue weighted by molar-refractivity contribution is 0.770. The Bertz CT molecular complexity index is 817. The van der Waals surface area contributed by atoms with E-state index >= 15 is 0 Å². The molecule has 0 fully saturated rings. The maximum Gasteiger partial charge on any atom is 0.158 e. The average molecular weight is 281 g/mol. The first-order chi connectivity index (χ1) is 9.97. The van der Waals surface area contributed by atoms with Crippen molar-refractivity contribution in [1.82, 2.24) is 24.7 Å². The molecular weight excluding hydrogens is 262 g/mol. The number of pyridine rings is 1. The summed E-state index contributed by atoms with van der Waals surface area (Å²) in [5.41, 5.74) is 4.80. The van der Waals surface area contributed by atoms with E-state index in [-0.39, 0.29) is 0 Å². The highest BCUT2D eigenvalue weighted by Crippen LogP contribution is 2.25. The monoisotopic (exact) mass is 281 g/mol. The van der Waals surface area contributed by atoms with Crippen molar-refractivity contribution >= 4 is 11.0 Å². The van der Waals surface area contributed by atoms with Crippen LogP contribution >= 0.6 is 0 Å². The lowest BCUT2D eigenvalue weighted by Crippen LogP contribution is -2.00. The largest absolute Gasteiger partial charge is 0.250 e. The third-order valence-corrected chi connectivity index (χ3v) is 3.62. The van der Waals surface area contributed by atoms with Gasteiger partial charge in [0.2, 0.25) is 0 Å². The van der Waals surface area contributed by atoms with E-state index in [9.17, 15) is 0 Å². The second-order valence-corrected chi connectivity index (χ2v) is 5.69. The molecule has 0 unspecified atom stereocenters. The molecule has 3 heterocycles. The van der Waals surface area contributed by atoms with Crippen molar-refractivity contribution in [3.05, 3.63) is 35.4 Å². The van der Waals surface area contributed by atoms with Gasteiger partial charge in [0.1, 0.15) is 5.82 Å².